The highest BCUT2D eigenvalue weighted by molar-refractivity contribution is 7.89. The fraction of sp³-hybridized carbons (Fsp3) is 0.238. The van der Waals surface area contributed by atoms with Crippen molar-refractivity contribution >= 4 is 33.7 Å². The van der Waals surface area contributed by atoms with Crippen LogP contribution in [0.25, 0.3) is 6.08 Å². The summed E-state index contributed by atoms with van der Waals surface area (Å²) in [5.41, 5.74) is 1.68. The van der Waals surface area contributed by atoms with Crippen molar-refractivity contribution < 1.29 is 22.7 Å². The van der Waals surface area contributed by atoms with E-state index in [1.54, 1.807) is 42.5 Å². The molecule has 29 heavy (non-hydrogen) atoms. The minimum atomic E-state index is -3.47. The Morgan fingerprint density at radius 1 is 1.00 bits per heavy atom. The number of hydrogen-bond donors (Lipinski definition) is 1. The molecular formula is C21H22N2O5S. The van der Waals surface area contributed by atoms with E-state index in [-0.39, 0.29) is 10.8 Å². The summed E-state index contributed by atoms with van der Waals surface area (Å²) in [6.45, 7) is 1.10. The summed E-state index contributed by atoms with van der Waals surface area (Å²) in [5, 5.41) is 2.69. The fourth-order valence-electron chi connectivity index (χ4n) is 2.99. The Morgan fingerprint density at radius 2 is 1.62 bits per heavy atom. The monoisotopic (exact) mass is 414 g/mol. The van der Waals surface area contributed by atoms with Crippen LogP contribution in [0.15, 0.2) is 59.5 Å². The predicted octanol–water partition coefficient (Wildman–Crippen LogP) is 2.91. The molecule has 1 N–H and O–H groups in total. The maximum absolute atomic E-state index is 12.5. The Morgan fingerprint density at radius 3 is 2.21 bits per heavy atom. The lowest BCUT2D eigenvalue weighted by Crippen LogP contribution is -2.27. The van der Waals surface area contributed by atoms with Crippen LogP contribution >= 0.6 is 0 Å². The first-order chi connectivity index (χ1) is 13.9. The third-order valence-corrected chi connectivity index (χ3v) is 6.50. The summed E-state index contributed by atoms with van der Waals surface area (Å²) in [6, 6.07) is 12.8. The quantitative estimate of drug-likeness (QED) is 0.580. The maximum Gasteiger partial charge on any atom is 0.337 e. The smallest absolute Gasteiger partial charge is 0.337 e. The zero-order valence-corrected chi connectivity index (χ0v) is 16.8. The Kier molecular flexibility index (Phi) is 6.46. The Balaban J connectivity index is 1.60. The SMILES string of the molecule is COC(=O)c1ccc(/C=C/C(=O)Nc2ccc(S(=O)(=O)N3CCCC3)cc2)cc1. The minimum Gasteiger partial charge on any atom is -0.465 e. The highest BCUT2D eigenvalue weighted by atomic mass is 32.2. The van der Waals surface area contributed by atoms with Crippen molar-refractivity contribution in [2.24, 2.45) is 0 Å². The number of sulfonamides is 1. The molecule has 7 nitrogen and oxygen atoms in total. The molecular weight excluding hydrogens is 392 g/mol. The Bertz CT molecular complexity index is 1010. The molecule has 0 bridgehead atoms. The molecule has 0 saturated carbocycles. The van der Waals surface area contributed by atoms with Crippen LogP contribution in [-0.2, 0) is 19.6 Å². The van der Waals surface area contributed by atoms with Crippen molar-refractivity contribution in [3.63, 3.8) is 0 Å². The summed E-state index contributed by atoms with van der Waals surface area (Å²) in [6.07, 6.45) is 4.74. The highest BCUT2D eigenvalue weighted by Gasteiger charge is 2.26. The van der Waals surface area contributed by atoms with Gasteiger partial charge in [-0.05, 0) is 60.9 Å². The van der Waals surface area contributed by atoms with E-state index in [1.165, 1.54) is 29.6 Å². The van der Waals surface area contributed by atoms with Gasteiger partial charge < -0.3 is 10.1 Å². The van der Waals surface area contributed by atoms with Crippen LogP contribution < -0.4 is 5.32 Å². The molecule has 1 saturated heterocycles. The van der Waals surface area contributed by atoms with E-state index in [1.807, 2.05) is 0 Å². The fourth-order valence-corrected chi connectivity index (χ4v) is 4.51. The van der Waals surface area contributed by atoms with Crippen molar-refractivity contribution in [1.82, 2.24) is 4.31 Å². The molecule has 0 aliphatic carbocycles. The first-order valence-electron chi connectivity index (χ1n) is 9.18. The van der Waals surface area contributed by atoms with E-state index in [0.717, 1.165) is 18.4 Å². The second-order valence-corrected chi connectivity index (χ2v) is 8.51. The summed E-state index contributed by atoms with van der Waals surface area (Å²) in [5.74, 6) is -0.773. The third-order valence-electron chi connectivity index (χ3n) is 4.58. The molecule has 2 aromatic carbocycles. The number of rotatable bonds is 6. The molecule has 1 aliphatic heterocycles. The van der Waals surface area contributed by atoms with Gasteiger partial charge in [0.25, 0.3) is 0 Å². The molecule has 0 unspecified atom stereocenters. The van der Waals surface area contributed by atoms with Crippen LogP contribution in [0.1, 0.15) is 28.8 Å². The summed E-state index contributed by atoms with van der Waals surface area (Å²) in [7, 11) is -2.15. The number of ether oxygens (including phenoxy) is 1. The van der Waals surface area contributed by atoms with Crippen LogP contribution in [0, 0.1) is 0 Å². The maximum atomic E-state index is 12.5. The summed E-state index contributed by atoms with van der Waals surface area (Å²) in [4.78, 5) is 23.7. The van der Waals surface area contributed by atoms with Gasteiger partial charge in [0, 0.05) is 24.9 Å². The zero-order chi connectivity index (χ0) is 20.9. The molecule has 0 spiro atoms. The molecule has 1 heterocycles. The first kappa shape index (κ1) is 20.8. The molecule has 2 aromatic rings. The van der Waals surface area contributed by atoms with Crippen LogP contribution in [0.2, 0.25) is 0 Å². The number of methoxy groups -OCH3 is 1. The van der Waals surface area contributed by atoms with Crippen LogP contribution in [0.5, 0.6) is 0 Å². The van der Waals surface area contributed by atoms with Gasteiger partial charge in [0.2, 0.25) is 15.9 Å². The summed E-state index contributed by atoms with van der Waals surface area (Å²) >= 11 is 0. The molecule has 3 rings (SSSR count). The van der Waals surface area contributed by atoms with Crippen molar-refractivity contribution in [2.45, 2.75) is 17.7 Å². The number of carbonyl (C=O) groups excluding carboxylic acids is 2. The molecule has 1 amide bonds. The lowest BCUT2D eigenvalue weighted by molar-refractivity contribution is -0.111. The van der Waals surface area contributed by atoms with Crippen LogP contribution in [-0.4, -0.2) is 44.8 Å². The van der Waals surface area contributed by atoms with Gasteiger partial charge >= 0.3 is 5.97 Å². The van der Waals surface area contributed by atoms with Crippen molar-refractivity contribution in [2.75, 3.05) is 25.5 Å². The number of amides is 1. The van der Waals surface area contributed by atoms with Gasteiger partial charge in [-0.15, -0.1) is 0 Å². The normalized spacial score (nSPS) is 14.8. The van der Waals surface area contributed by atoms with Crippen molar-refractivity contribution in [3.05, 3.63) is 65.7 Å². The molecule has 0 aromatic heterocycles. The van der Waals surface area contributed by atoms with E-state index < -0.39 is 16.0 Å². The van der Waals surface area contributed by atoms with Gasteiger partial charge in [-0.2, -0.15) is 4.31 Å². The molecule has 0 radical (unpaired) electrons. The van der Waals surface area contributed by atoms with E-state index in [2.05, 4.69) is 10.1 Å². The molecule has 8 heteroatoms. The average molecular weight is 414 g/mol. The van der Waals surface area contributed by atoms with E-state index in [9.17, 15) is 18.0 Å². The number of benzene rings is 2. The van der Waals surface area contributed by atoms with Gasteiger partial charge in [0.05, 0.1) is 17.6 Å². The first-order valence-corrected chi connectivity index (χ1v) is 10.6. The van der Waals surface area contributed by atoms with Gasteiger partial charge in [-0.3, -0.25) is 4.79 Å². The Hall–Kier alpha value is -2.97. The second-order valence-electron chi connectivity index (χ2n) is 6.57. The van der Waals surface area contributed by atoms with Gasteiger partial charge in [-0.25, -0.2) is 13.2 Å². The highest BCUT2D eigenvalue weighted by Crippen LogP contribution is 2.22. The molecule has 0 atom stereocenters. The lowest BCUT2D eigenvalue weighted by atomic mass is 10.1. The molecule has 1 fully saturated rings. The standard InChI is InChI=1S/C21H22N2O5S/c1-28-21(25)17-7-4-16(5-8-17)6-13-20(24)22-18-9-11-19(12-10-18)29(26,27)23-14-2-3-15-23/h4-13H,2-3,14-15H2,1H3,(H,22,24)/b13-6+. The van der Waals surface area contributed by atoms with E-state index >= 15 is 0 Å². The van der Waals surface area contributed by atoms with Crippen LogP contribution in [0.3, 0.4) is 0 Å². The second kappa shape index (κ2) is 9.02. The van der Waals surface area contributed by atoms with Gasteiger partial charge in [-0.1, -0.05) is 12.1 Å². The summed E-state index contributed by atoms with van der Waals surface area (Å²) < 4.78 is 31.1. The van der Waals surface area contributed by atoms with Crippen molar-refractivity contribution in [1.29, 1.82) is 0 Å². The van der Waals surface area contributed by atoms with E-state index in [0.29, 0.717) is 24.3 Å². The van der Waals surface area contributed by atoms with Gasteiger partial charge in [0.15, 0.2) is 0 Å². The Labute approximate surface area is 170 Å². The number of esters is 1. The number of carbonyl (C=O) groups is 2. The largest absolute Gasteiger partial charge is 0.465 e. The number of nitrogens with zero attached hydrogens (tertiary/aromatic N) is 1. The number of anilines is 1. The van der Waals surface area contributed by atoms with Crippen LogP contribution in [0.4, 0.5) is 5.69 Å². The van der Waals surface area contributed by atoms with Gasteiger partial charge in [0.1, 0.15) is 0 Å². The molecule has 152 valence electrons. The average Bonchev–Trinajstić information content (AvgIpc) is 3.28. The predicted molar refractivity (Wildman–Crippen MR) is 110 cm³/mol. The van der Waals surface area contributed by atoms with Crippen molar-refractivity contribution in [3.8, 4) is 0 Å². The third kappa shape index (κ3) is 5.10. The van der Waals surface area contributed by atoms with E-state index in [4.69, 9.17) is 0 Å². The number of hydrogen-bond acceptors (Lipinski definition) is 5. The zero-order valence-electron chi connectivity index (χ0n) is 16.0. The molecule has 1 aliphatic rings. The minimum absolute atomic E-state index is 0.221. The lowest BCUT2D eigenvalue weighted by Gasteiger charge is -2.15. The number of nitrogens with one attached hydrogen (secondary N) is 1. The topological polar surface area (TPSA) is 92.8 Å².